The molecule has 1 aliphatic rings. The fourth-order valence-corrected chi connectivity index (χ4v) is 4.10. The van der Waals surface area contributed by atoms with Crippen molar-refractivity contribution in [2.75, 3.05) is 12.3 Å². The van der Waals surface area contributed by atoms with Crippen LogP contribution in [0, 0.1) is 12.7 Å². The van der Waals surface area contributed by atoms with Crippen LogP contribution in [0.15, 0.2) is 12.1 Å². The van der Waals surface area contributed by atoms with Crippen LogP contribution in [0.1, 0.15) is 35.8 Å². The third-order valence-electron chi connectivity index (χ3n) is 4.67. The molecule has 0 aliphatic carbocycles. The lowest BCUT2D eigenvalue weighted by Crippen LogP contribution is -2.25. The van der Waals surface area contributed by atoms with Crippen molar-refractivity contribution in [1.29, 1.82) is 0 Å². The largest absolute Gasteiger partial charge is 0.416 e. The minimum absolute atomic E-state index is 0.116. The Morgan fingerprint density at radius 3 is 2.68 bits per heavy atom. The zero-order valence-corrected chi connectivity index (χ0v) is 14.8. The molecule has 1 atom stereocenters. The molecule has 0 spiro atoms. The molecule has 1 aromatic heterocycles. The van der Waals surface area contributed by atoms with Crippen molar-refractivity contribution in [3.63, 3.8) is 0 Å². The number of halogens is 4. The van der Waals surface area contributed by atoms with Crippen LogP contribution >= 0.6 is 11.3 Å². The molecule has 0 bridgehead atoms. The van der Waals surface area contributed by atoms with Crippen molar-refractivity contribution in [1.82, 2.24) is 9.88 Å². The van der Waals surface area contributed by atoms with Gasteiger partial charge in [-0.05, 0) is 50.9 Å². The van der Waals surface area contributed by atoms with Gasteiger partial charge < -0.3 is 5.73 Å². The van der Waals surface area contributed by atoms with E-state index in [1.807, 2.05) is 0 Å². The lowest BCUT2D eigenvalue weighted by Gasteiger charge is -2.20. The predicted octanol–water partition coefficient (Wildman–Crippen LogP) is 4.84. The molecule has 25 heavy (non-hydrogen) atoms. The zero-order valence-electron chi connectivity index (χ0n) is 14.0. The summed E-state index contributed by atoms with van der Waals surface area (Å²) in [7, 11) is 0. The van der Waals surface area contributed by atoms with E-state index >= 15 is 0 Å². The topological polar surface area (TPSA) is 42.1 Å². The molecular weight excluding hydrogens is 354 g/mol. The molecule has 1 fully saturated rings. The van der Waals surface area contributed by atoms with E-state index in [0.717, 1.165) is 43.3 Å². The van der Waals surface area contributed by atoms with Gasteiger partial charge >= 0.3 is 6.18 Å². The fraction of sp³-hybridized carbons (Fsp3) is 0.471. The summed E-state index contributed by atoms with van der Waals surface area (Å²) in [6, 6.07) is 2.47. The van der Waals surface area contributed by atoms with Gasteiger partial charge in [0.2, 0.25) is 0 Å². The van der Waals surface area contributed by atoms with Crippen LogP contribution in [-0.4, -0.2) is 22.5 Å². The van der Waals surface area contributed by atoms with Gasteiger partial charge in [-0.25, -0.2) is 9.37 Å². The van der Waals surface area contributed by atoms with E-state index in [4.69, 9.17) is 5.73 Å². The van der Waals surface area contributed by atoms with E-state index in [0.29, 0.717) is 18.3 Å². The number of nitrogens with two attached hydrogens (primary N) is 1. The summed E-state index contributed by atoms with van der Waals surface area (Å²) in [5.41, 5.74) is 4.86. The normalized spacial score (nSPS) is 18.9. The molecule has 1 saturated heterocycles. The number of rotatable bonds is 3. The standard InChI is InChI=1S/C17H19F4N3S/c1-9-4-3-5-24(9)8-14-15(23-16(22)25-14)11-6-12(17(19,20)21)10(2)13(18)7-11/h6-7,9H,3-5,8H2,1-2H3,(H2,22,23)/t9-/m1/s1. The number of nitrogens with zero attached hydrogens (tertiary/aromatic N) is 2. The van der Waals surface area contributed by atoms with Crippen LogP contribution in [0.25, 0.3) is 11.3 Å². The number of alkyl halides is 3. The van der Waals surface area contributed by atoms with Gasteiger partial charge in [-0.15, -0.1) is 11.3 Å². The summed E-state index contributed by atoms with van der Waals surface area (Å²) in [6.07, 6.45) is -2.45. The summed E-state index contributed by atoms with van der Waals surface area (Å²) < 4.78 is 53.7. The van der Waals surface area contributed by atoms with E-state index < -0.39 is 23.1 Å². The highest BCUT2D eigenvalue weighted by atomic mass is 32.1. The summed E-state index contributed by atoms with van der Waals surface area (Å²) >= 11 is 1.24. The lowest BCUT2D eigenvalue weighted by molar-refractivity contribution is -0.138. The zero-order chi connectivity index (χ0) is 18.4. The van der Waals surface area contributed by atoms with E-state index in [-0.39, 0.29) is 10.7 Å². The Labute approximate surface area is 147 Å². The van der Waals surface area contributed by atoms with Gasteiger partial charge in [0.05, 0.1) is 11.3 Å². The van der Waals surface area contributed by atoms with E-state index in [1.54, 1.807) is 0 Å². The molecular formula is C17H19F4N3S. The summed E-state index contributed by atoms with van der Waals surface area (Å²) in [4.78, 5) is 7.19. The third kappa shape index (κ3) is 3.64. The number of aromatic nitrogens is 1. The van der Waals surface area contributed by atoms with E-state index in [9.17, 15) is 17.6 Å². The Balaban J connectivity index is 2.04. The van der Waals surface area contributed by atoms with E-state index in [2.05, 4.69) is 16.8 Å². The second-order valence-corrected chi connectivity index (χ2v) is 7.53. The monoisotopic (exact) mass is 373 g/mol. The first-order valence-electron chi connectivity index (χ1n) is 8.03. The Morgan fingerprint density at radius 1 is 1.36 bits per heavy atom. The maximum atomic E-state index is 14.1. The van der Waals surface area contributed by atoms with Crippen molar-refractivity contribution in [2.45, 2.75) is 45.5 Å². The van der Waals surface area contributed by atoms with Gasteiger partial charge in [0.1, 0.15) is 5.82 Å². The first-order valence-corrected chi connectivity index (χ1v) is 8.85. The molecule has 0 unspecified atom stereocenters. The average Bonchev–Trinajstić information content (AvgIpc) is 3.07. The summed E-state index contributed by atoms with van der Waals surface area (Å²) in [5.74, 6) is -0.892. The number of hydrogen-bond donors (Lipinski definition) is 1. The lowest BCUT2D eigenvalue weighted by atomic mass is 10.0. The first kappa shape index (κ1) is 18.1. The minimum Gasteiger partial charge on any atom is -0.375 e. The van der Waals surface area contributed by atoms with Gasteiger partial charge in [0, 0.05) is 23.0 Å². The molecule has 136 valence electrons. The maximum absolute atomic E-state index is 14.1. The van der Waals surface area contributed by atoms with Crippen molar-refractivity contribution in [3.8, 4) is 11.3 Å². The minimum atomic E-state index is -4.62. The average molecular weight is 373 g/mol. The number of benzene rings is 1. The molecule has 0 radical (unpaired) electrons. The Morgan fingerprint density at radius 2 is 2.08 bits per heavy atom. The molecule has 1 aliphatic heterocycles. The Kier molecular flexibility index (Phi) is 4.76. The van der Waals surface area contributed by atoms with Crippen LogP contribution in [0.5, 0.6) is 0 Å². The highest BCUT2D eigenvalue weighted by Gasteiger charge is 2.34. The number of anilines is 1. The number of likely N-dealkylation sites (tertiary alicyclic amines) is 1. The van der Waals surface area contributed by atoms with Crippen LogP contribution in [0.3, 0.4) is 0 Å². The van der Waals surface area contributed by atoms with Crippen LogP contribution < -0.4 is 5.73 Å². The molecule has 1 aromatic carbocycles. The highest BCUT2D eigenvalue weighted by Crippen LogP contribution is 2.38. The molecule has 8 heteroatoms. The Bertz CT molecular complexity index is 785. The van der Waals surface area contributed by atoms with Crippen molar-refractivity contribution >= 4 is 16.5 Å². The van der Waals surface area contributed by atoms with Crippen LogP contribution in [-0.2, 0) is 12.7 Å². The van der Waals surface area contributed by atoms with E-state index in [1.165, 1.54) is 11.3 Å². The van der Waals surface area contributed by atoms with Crippen molar-refractivity contribution < 1.29 is 17.6 Å². The molecule has 2 aromatic rings. The molecule has 3 rings (SSSR count). The van der Waals surface area contributed by atoms with Crippen LogP contribution in [0.2, 0.25) is 0 Å². The van der Waals surface area contributed by atoms with Crippen LogP contribution in [0.4, 0.5) is 22.7 Å². The van der Waals surface area contributed by atoms with Gasteiger partial charge in [-0.3, -0.25) is 4.90 Å². The number of nitrogen functional groups attached to an aromatic ring is 1. The molecule has 0 saturated carbocycles. The quantitative estimate of drug-likeness (QED) is 0.783. The SMILES string of the molecule is Cc1c(F)cc(-c2nc(N)sc2CN2CCC[C@H]2C)cc1C(F)(F)F. The second-order valence-electron chi connectivity index (χ2n) is 6.41. The summed E-state index contributed by atoms with van der Waals surface area (Å²) in [5, 5.41) is 0.270. The smallest absolute Gasteiger partial charge is 0.375 e. The summed E-state index contributed by atoms with van der Waals surface area (Å²) in [6.45, 7) is 4.73. The van der Waals surface area contributed by atoms with Gasteiger partial charge in [0.25, 0.3) is 0 Å². The predicted molar refractivity (Wildman–Crippen MR) is 90.8 cm³/mol. The number of thiazole rings is 1. The first-order chi connectivity index (χ1) is 11.7. The number of hydrogen-bond acceptors (Lipinski definition) is 4. The molecule has 3 nitrogen and oxygen atoms in total. The second kappa shape index (κ2) is 6.57. The highest BCUT2D eigenvalue weighted by molar-refractivity contribution is 7.15. The van der Waals surface area contributed by atoms with Gasteiger partial charge in [-0.1, -0.05) is 0 Å². The van der Waals surface area contributed by atoms with Gasteiger partial charge in [0.15, 0.2) is 5.13 Å². The van der Waals surface area contributed by atoms with Crippen molar-refractivity contribution in [2.24, 2.45) is 0 Å². The van der Waals surface area contributed by atoms with Crippen molar-refractivity contribution in [3.05, 3.63) is 34.0 Å². The fourth-order valence-electron chi connectivity index (χ4n) is 3.22. The van der Waals surface area contributed by atoms with Gasteiger partial charge in [-0.2, -0.15) is 13.2 Å². The maximum Gasteiger partial charge on any atom is 0.416 e. The molecule has 0 amide bonds. The Hall–Kier alpha value is -1.67. The molecule has 2 heterocycles. The third-order valence-corrected chi connectivity index (χ3v) is 5.54. The molecule has 2 N–H and O–H groups in total.